The van der Waals surface area contributed by atoms with E-state index in [4.69, 9.17) is 0 Å². The minimum Gasteiger partial charge on any atom is -0.310 e. The van der Waals surface area contributed by atoms with Crippen molar-refractivity contribution >= 4 is 108 Å². The van der Waals surface area contributed by atoms with Gasteiger partial charge in [-0.25, -0.2) is 0 Å². The molecule has 0 fully saturated rings. The molecule has 4 heterocycles. The Labute approximate surface area is 334 Å². The molecule has 2 aliphatic rings. The summed E-state index contributed by atoms with van der Waals surface area (Å²) in [5.41, 5.74) is 12.6. The number of rotatable bonds is 2. The van der Waals surface area contributed by atoms with Crippen molar-refractivity contribution in [3.8, 4) is 0 Å². The van der Waals surface area contributed by atoms with Crippen molar-refractivity contribution in [3.05, 3.63) is 180 Å². The Balaban J connectivity index is 1.07. The molecule has 0 unspecified atom stereocenters. The van der Waals surface area contributed by atoms with Crippen molar-refractivity contribution in [2.75, 3.05) is 9.80 Å². The molecule has 0 bridgehead atoms. The molecule has 268 valence electrons. The number of benzene rings is 8. The van der Waals surface area contributed by atoms with E-state index >= 15 is 0 Å². The zero-order valence-electron chi connectivity index (χ0n) is 31.7. The van der Waals surface area contributed by atoms with Crippen LogP contribution in [0.3, 0.4) is 0 Å². The van der Waals surface area contributed by atoms with Crippen LogP contribution in [0.1, 0.15) is 49.9 Å². The second-order valence-corrected chi connectivity index (χ2v) is 18.8. The number of hydrogen-bond donors (Lipinski definition) is 0. The Morgan fingerprint density at radius 1 is 0.339 bits per heavy atom. The second kappa shape index (κ2) is 11.3. The molecule has 10 aromatic rings. The average Bonchev–Trinajstić information content (AvgIpc) is 3.75. The molecular weight excluding hydrogens is 717 g/mol. The van der Waals surface area contributed by atoms with Gasteiger partial charge in [0.25, 0.3) is 0 Å². The van der Waals surface area contributed by atoms with E-state index < -0.39 is 0 Å². The Bertz CT molecular complexity index is 3040. The van der Waals surface area contributed by atoms with Gasteiger partial charge >= 0.3 is 0 Å². The van der Waals surface area contributed by atoms with Crippen molar-refractivity contribution in [2.45, 2.75) is 38.5 Å². The highest BCUT2D eigenvalue weighted by molar-refractivity contribution is 7.26. The van der Waals surface area contributed by atoms with E-state index in [9.17, 15) is 0 Å². The molecule has 0 saturated carbocycles. The Hall–Kier alpha value is -5.94. The first-order chi connectivity index (χ1) is 27.3. The molecule has 2 nitrogen and oxygen atoms in total. The quantitative estimate of drug-likeness (QED) is 0.173. The van der Waals surface area contributed by atoms with Gasteiger partial charge in [0.1, 0.15) is 0 Å². The molecular formula is C52H38N2S2. The van der Waals surface area contributed by atoms with Crippen molar-refractivity contribution in [3.63, 3.8) is 0 Å². The van der Waals surface area contributed by atoms with Gasteiger partial charge in [-0.15, -0.1) is 22.7 Å². The van der Waals surface area contributed by atoms with Crippen LogP contribution in [-0.4, -0.2) is 0 Å². The van der Waals surface area contributed by atoms with Crippen LogP contribution < -0.4 is 9.80 Å². The third-order valence-electron chi connectivity index (χ3n) is 12.7. The van der Waals surface area contributed by atoms with Gasteiger partial charge in [-0.3, -0.25) is 0 Å². The highest BCUT2D eigenvalue weighted by Gasteiger charge is 2.39. The van der Waals surface area contributed by atoms with E-state index in [1.807, 2.05) is 22.7 Å². The fourth-order valence-electron chi connectivity index (χ4n) is 9.89. The van der Waals surface area contributed by atoms with Crippen LogP contribution in [0.15, 0.2) is 158 Å². The summed E-state index contributed by atoms with van der Waals surface area (Å²) in [5, 5.41) is 7.91. The summed E-state index contributed by atoms with van der Waals surface area (Å²) in [6, 6.07) is 59.3. The Kier molecular flexibility index (Phi) is 6.53. The maximum Gasteiger partial charge on any atom is 0.0509 e. The second-order valence-electron chi connectivity index (χ2n) is 16.6. The molecule has 0 atom stereocenters. The summed E-state index contributed by atoms with van der Waals surface area (Å²) in [4.78, 5) is 4.94. The molecule has 4 heteroatoms. The molecule has 0 spiro atoms. The van der Waals surface area contributed by atoms with Gasteiger partial charge in [0.2, 0.25) is 0 Å². The first-order valence-electron chi connectivity index (χ1n) is 19.5. The van der Waals surface area contributed by atoms with Crippen molar-refractivity contribution in [2.24, 2.45) is 0 Å². The minimum absolute atomic E-state index is 0.135. The van der Waals surface area contributed by atoms with Crippen LogP contribution in [0.25, 0.3) is 51.1 Å². The average molecular weight is 755 g/mol. The summed E-state index contributed by atoms with van der Waals surface area (Å²) in [7, 11) is 0. The van der Waals surface area contributed by atoms with E-state index in [0.29, 0.717) is 0 Å². The highest BCUT2D eigenvalue weighted by Crippen LogP contribution is 2.56. The van der Waals surface area contributed by atoms with Gasteiger partial charge in [0.05, 0.1) is 22.7 Å². The number of fused-ring (bicyclic) bond motifs is 11. The predicted molar refractivity (Wildman–Crippen MR) is 243 cm³/mol. The van der Waals surface area contributed by atoms with Crippen LogP contribution >= 0.6 is 22.7 Å². The van der Waals surface area contributed by atoms with E-state index in [-0.39, 0.29) is 10.8 Å². The van der Waals surface area contributed by atoms with E-state index in [2.05, 4.69) is 195 Å². The van der Waals surface area contributed by atoms with Crippen molar-refractivity contribution in [1.29, 1.82) is 0 Å². The molecule has 0 amide bonds. The third kappa shape index (κ3) is 4.37. The van der Waals surface area contributed by atoms with Crippen LogP contribution in [0.2, 0.25) is 0 Å². The normalized spacial score (nSPS) is 15.4. The zero-order chi connectivity index (χ0) is 37.5. The van der Waals surface area contributed by atoms with Gasteiger partial charge in [-0.1, -0.05) is 100 Å². The molecule has 0 N–H and O–H groups in total. The number of para-hydroxylation sites is 4. The molecule has 12 rings (SSSR count). The molecule has 2 aliphatic heterocycles. The van der Waals surface area contributed by atoms with Gasteiger partial charge in [-0.2, -0.15) is 0 Å². The lowest BCUT2D eigenvalue weighted by molar-refractivity contribution is 0.633. The smallest absolute Gasteiger partial charge is 0.0509 e. The van der Waals surface area contributed by atoms with Crippen LogP contribution in [-0.2, 0) is 10.8 Å². The Morgan fingerprint density at radius 2 is 0.696 bits per heavy atom. The first kappa shape index (κ1) is 32.3. The number of nitrogens with zero attached hydrogens (tertiary/aromatic N) is 2. The maximum absolute atomic E-state index is 2.49. The van der Waals surface area contributed by atoms with E-state index in [1.165, 1.54) is 107 Å². The molecule has 2 aromatic heterocycles. The lowest BCUT2D eigenvalue weighted by Crippen LogP contribution is -2.30. The molecule has 0 aliphatic carbocycles. The molecule has 0 radical (unpaired) electrons. The summed E-state index contributed by atoms with van der Waals surface area (Å²) < 4.78 is 5.36. The van der Waals surface area contributed by atoms with Gasteiger partial charge < -0.3 is 9.80 Å². The van der Waals surface area contributed by atoms with Gasteiger partial charge in [-0.05, 0) is 118 Å². The van der Waals surface area contributed by atoms with E-state index in [0.717, 1.165) is 0 Å². The molecule has 0 saturated heterocycles. The lowest BCUT2D eigenvalue weighted by atomic mass is 9.73. The fraction of sp³-hybridized carbons (Fsp3) is 0.115. The fourth-order valence-corrected chi connectivity index (χ4v) is 12.2. The number of hydrogen-bond acceptors (Lipinski definition) is 4. The van der Waals surface area contributed by atoms with Crippen molar-refractivity contribution < 1.29 is 0 Å². The van der Waals surface area contributed by atoms with Crippen molar-refractivity contribution in [1.82, 2.24) is 0 Å². The largest absolute Gasteiger partial charge is 0.310 e. The van der Waals surface area contributed by atoms with E-state index in [1.54, 1.807) is 0 Å². The first-order valence-corrected chi connectivity index (χ1v) is 21.1. The summed E-state index contributed by atoms with van der Waals surface area (Å²) in [6.45, 7) is 9.53. The van der Waals surface area contributed by atoms with Crippen LogP contribution in [0.4, 0.5) is 34.1 Å². The lowest BCUT2D eigenvalue weighted by Gasteiger charge is -2.42. The van der Waals surface area contributed by atoms with Crippen LogP contribution in [0.5, 0.6) is 0 Å². The number of thiophene rings is 2. The van der Waals surface area contributed by atoms with Crippen LogP contribution in [0, 0.1) is 0 Å². The monoisotopic (exact) mass is 754 g/mol. The third-order valence-corrected chi connectivity index (χ3v) is 15.0. The Morgan fingerprint density at radius 3 is 1.12 bits per heavy atom. The standard InChI is InChI=1S/C52H38N2S2/c1-51(2)39-19-11-13-21-43(39)53(33-15-7-5-8-16-33)45-27-37-35-23-31-26-48-36(24-32(31)25-47(35)55-49(37)29-41(45)51)38-28-46-42(30-50(38)56-48)52(3,4)40-20-12-14-22-44(40)54(46)34-17-9-6-10-18-34/h5-30H,1-4H3. The maximum atomic E-state index is 2.49. The highest BCUT2D eigenvalue weighted by atomic mass is 32.1. The minimum atomic E-state index is -0.135. The SMILES string of the molecule is CC1(C)c2ccccc2N(c2ccccc2)c2cc3c(cc21)sc1cc2cc4c(cc2cc13)sc1cc2c(cc14)N(c1ccccc1)c1ccccc1C2(C)C. The van der Waals surface area contributed by atoms with Gasteiger partial charge in [0, 0.05) is 62.5 Å². The summed E-state index contributed by atoms with van der Waals surface area (Å²) >= 11 is 3.85. The molecule has 56 heavy (non-hydrogen) atoms. The topological polar surface area (TPSA) is 6.48 Å². The molecule has 8 aromatic carbocycles. The number of anilines is 6. The van der Waals surface area contributed by atoms with Gasteiger partial charge in [0.15, 0.2) is 0 Å². The summed E-state index contributed by atoms with van der Waals surface area (Å²) in [5.74, 6) is 0. The predicted octanol–water partition coefficient (Wildman–Crippen LogP) is 15.8. The summed E-state index contributed by atoms with van der Waals surface area (Å²) in [6.07, 6.45) is 0. The zero-order valence-corrected chi connectivity index (χ0v) is 33.4.